The Morgan fingerprint density at radius 1 is 1.21 bits per heavy atom. The van der Waals surface area contributed by atoms with Crippen molar-refractivity contribution in [3.8, 4) is 0 Å². The van der Waals surface area contributed by atoms with E-state index in [-0.39, 0.29) is 17.9 Å². The third kappa shape index (κ3) is 5.32. The van der Waals surface area contributed by atoms with Gasteiger partial charge in [-0.3, -0.25) is 14.5 Å². The minimum absolute atomic E-state index is 0.0389. The monoisotopic (exact) mass is 333 g/mol. The van der Waals surface area contributed by atoms with E-state index in [4.69, 9.17) is 4.74 Å². The van der Waals surface area contributed by atoms with Crippen molar-refractivity contribution in [2.24, 2.45) is 0 Å². The van der Waals surface area contributed by atoms with Crippen LogP contribution in [-0.2, 0) is 16.1 Å². The highest BCUT2D eigenvalue weighted by atomic mass is 16.5. The van der Waals surface area contributed by atoms with Gasteiger partial charge in [0.15, 0.2) is 0 Å². The van der Waals surface area contributed by atoms with E-state index < -0.39 is 0 Å². The normalized spacial score (nSPS) is 15.6. The number of nitrogens with zero attached hydrogens (tertiary/aromatic N) is 2. The standard InChI is InChI=1S/C18H27N3O3/c1-14(2)19-17(22)12-20-7-9-21(10-8-20)18(23)16-6-4-5-15(11-16)13-24-3/h4-6,11,14H,7-10,12-13H2,1-3H3,(H,19,22). The van der Waals surface area contributed by atoms with Gasteiger partial charge in [-0.1, -0.05) is 12.1 Å². The molecule has 2 amide bonds. The van der Waals surface area contributed by atoms with Gasteiger partial charge in [0, 0.05) is 44.9 Å². The Bertz CT molecular complexity index is 566. The summed E-state index contributed by atoms with van der Waals surface area (Å²) in [5.74, 6) is 0.0799. The molecule has 0 aliphatic carbocycles. The summed E-state index contributed by atoms with van der Waals surface area (Å²) in [6, 6.07) is 7.71. The summed E-state index contributed by atoms with van der Waals surface area (Å²) in [5.41, 5.74) is 1.68. The number of hydrogen-bond donors (Lipinski definition) is 1. The molecule has 1 heterocycles. The Balaban J connectivity index is 1.86. The molecule has 1 aliphatic heterocycles. The van der Waals surface area contributed by atoms with Crippen molar-refractivity contribution in [2.75, 3.05) is 39.8 Å². The molecule has 0 aromatic heterocycles. The smallest absolute Gasteiger partial charge is 0.253 e. The fourth-order valence-corrected chi connectivity index (χ4v) is 2.82. The van der Waals surface area contributed by atoms with Crippen molar-refractivity contribution in [3.63, 3.8) is 0 Å². The van der Waals surface area contributed by atoms with E-state index in [2.05, 4.69) is 10.2 Å². The third-order valence-corrected chi connectivity index (χ3v) is 3.96. The van der Waals surface area contributed by atoms with Crippen LogP contribution in [0.15, 0.2) is 24.3 Å². The molecule has 1 aliphatic rings. The van der Waals surface area contributed by atoms with Gasteiger partial charge in [-0.25, -0.2) is 0 Å². The molecule has 132 valence electrons. The summed E-state index contributed by atoms with van der Waals surface area (Å²) in [4.78, 5) is 28.4. The minimum atomic E-state index is 0.0389. The molecule has 24 heavy (non-hydrogen) atoms. The second-order valence-corrected chi connectivity index (χ2v) is 6.42. The van der Waals surface area contributed by atoms with Crippen LogP contribution in [-0.4, -0.2) is 67.5 Å². The third-order valence-electron chi connectivity index (χ3n) is 3.96. The molecule has 0 saturated carbocycles. The summed E-state index contributed by atoms with van der Waals surface area (Å²) < 4.78 is 5.12. The Kier molecular flexibility index (Phi) is 6.75. The van der Waals surface area contributed by atoms with Gasteiger partial charge in [-0.15, -0.1) is 0 Å². The highest BCUT2D eigenvalue weighted by molar-refractivity contribution is 5.94. The van der Waals surface area contributed by atoms with Gasteiger partial charge in [0.2, 0.25) is 5.91 Å². The van der Waals surface area contributed by atoms with Crippen LogP contribution in [0.3, 0.4) is 0 Å². The number of ether oxygens (including phenoxy) is 1. The number of nitrogens with one attached hydrogen (secondary N) is 1. The second kappa shape index (κ2) is 8.80. The Hall–Kier alpha value is -1.92. The van der Waals surface area contributed by atoms with Crippen molar-refractivity contribution < 1.29 is 14.3 Å². The average Bonchev–Trinajstić information content (AvgIpc) is 2.55. The van der Waals surface area contributed by atoms with Gasteiger partial charge < -0.3 is 15.0 Å². The lowest BCUT2D eigenvalue weighted by molar-refractivity contribution is -0.123. The summed E-state index contributed by atoms with van der Waals surface area (Å²) in [6.45, 7) is 7.51. The SMILES string of the molecule is COCc1cccc(C(=O)N2CCN(CC(=O)NC(C)C)CC2)c1. The minimum Gasteiger partial charge on any atom is -0.380 e. The Morgan fingerprint density at radius 3 is 2.54 bits per heavy atom. The first kappa shape index (κ1) is 18.4. The topological polar surface area (TPSA) is 61.9 Å². The van der Waals surface area contributed by atoms with Gasteiger partial charge in [0.1, 0.15) is 0 Å². The summed E-state index contributed by atoms with van der Waals surface area (Å²) in [5, 5.41) is 2.90. The van der Waals surface area contributed by atoms with Crippen LogP contribution < -0.4 is 5.32 Å². The maximum Gasteiger partial charge on any atom is 0.253 e. The van der Waals surface area contributed by atoms with Crippen LogP contribution in [0.2, 0.25) is 0 Å². The van der Waals surface area contributed by atoms with Gasteiger partial charge >= 0.3 is 0 Å². The Labute approximate surface area is 143 Å². The van der Waals surface area contributed by atoms with E-state index in [9.17, 15) is 9.59 Å². The van der Waals surface area contributed by atoms with Gasteiger partial charge in [-0.2, -0.15) is 0 Å². The van der Waals surface area contributed by atoms with Crippen molar-refractivity contribution in [2.45, 2.75) is 26.5 Å². The maximum absolute atomic E-state index is 12.6. The molecule has 6 nitrogen and oxygen atoms in total. The fourth-order valence-electron chi connectivity index (χ4n) is 2.82. The molecule has 0 bridgehead atoms. The predicted molar refractivity (Wildman–Crippen MR) is 92.8 cm³/mol. The van der Waals surface area contributed by atoms with Crippen molar-refractivity contribution >= 4 is 11.8 Å². The molecule has 0 atom stereocenters. The fraction of sp³-hybridized carbons (Fsp3) is 0.556. The average molecular weight is 333 g/mol. The van der Waals surface area contributed by atoms with E-state index >= 15 is 0 Å². The predicted octanol–water partition coefficient (Wildman–Crippen LogP) is 1.12. The number of hydrogen-bond acceptors (Lipinski definition) is 4. The summed E-state index contributed by atoms with van der Waals surface area (Å²) >= 11 is 0. The highest BCUT2D eigenvalue weighted by Gasteiger charge is 2.23. The number of carbonyl (C=O) groups is 2. The Morgan fingerprint density at radius 2 is 1.92 bits per heavy atom. The molecule has 6 heteroatoms. The molecule has 1 fully saturated rings. The number of piperazine rings is 1. The number of methoxy groups -OCH3 is 1. The molecule has 1 aromatic rings. The zero-order valence-electron chi connectivity index (χ0n) is 14.7. The van der Waals surface area contributed by atoms with E-state index in [1.165, 1.54) is 0 Å². The zero-order chi connectivity index (χ0) is 17.5. The van der Waals surface area contributed by atoms with Gasteiger partial charge in [0.05, 0.1) is 13.2 Å². The molecule has 0 spiro atoms. The highest BCUT2D eigenvalue weighted by Crippen LogP contribution is 2.11. The van der Waals surface area contributed by atoms with E-state index in [0.29, 0.717) is 31.8 Å². The van der Waals surface area contributed by atoms with E-state index in [0.717, 1.165) is 18.7 Å². The van der Waals surface area contributed by atoms with Crippen LogP contribution in [0.25, 0.3) is 0 Å². The van der Waals surface area contributed by atoms with Crippen LogP contribution >= 0.6 is 0 Å². The number of carbonyl (C=O) groups excluding carboxylic acids is 2. The van der Waals surface area contributed by atoms with Crippen LogP contribution in [0, 0.1) is 0 Å². The lowest BCUT2D eigenvalue weighted by Gasteiger charge is -2.34. The van der Waals surface area contributed by atoms with Crippen LogP contribution in [0.4, 0.5) is 0 Å². The molecular formula is C18H27N3O3. The molecular weight excluding hydrogens is 306 g/mol. The van der Waals surface area contributed by atoms with Crippen LogP contribution in [0.5, 0.6) is 0 Å². The molecule has 0 unspecified atom stereocenters. The first-order valence-electron chi connectivity index (χ1n) is 8.38. The summed E-state index contributed by atoms with van der Waals surface area (Å²) in [7, 11) is 1.64. The maximum atomic E-state index is 12.6. The van der Waals surface area contributed by atoms with Crippen molar-refractivity contribution in [1.82, 2.24) is 15.1 Å². The lowest BCUT2D eigenvalue weighted by Crippen LogP contribution is -2.51. The second-order valence-electron chi connectivity index (χ2n) is 6.42. The number of benzene rings is 1. The summed E-state index contributed by atoms with van der Waals surface area (Å²) in [6.07, 6.45) is 0. The zero-order valence-corrected chi connectivity index (χ0v) is 14.7. The molecule has 1 N–H and O–H groups in total. The quantitative estimate of drug-likeness (QED) is 0.847. The molecule has 1 aromatic carbocycles. The van der Waals surface area contributed by atoms with E-state index in [1.807, 2.05) is 43.0 Å². The van der Waals surface area contributed by atoms with Crippen molar-refractivity contribution in [1.29, 1.82) is 0 Å². The van der Waals surface area contributed by atoms with Crippen LogP contribution in [0.1, 0.15) is 29.8 Å². The molecule has 0 radical (unpaired) electrons. The number of rotatable bonds is 6. The lowest BCUT2D eigenvalue weighted by atomic mass is 10.1. The molecule has 2 rings (SSSR count). The largest absolute Gasteiger partial charge is 0.380 e. The first-order chi connectivity index (χ1) is 11.5. The molecule has 1 saturated heterocycles. The van der Waals surface area contributed by atoms with Gasteiger partial charge in [0.25, 0.3) is 5.91 Å². The number of amides is 2. The van der Waals surface area contributed by atoms with E-state index in [1.54, 1.807) is 7.11 Å². The van der Waals surface area contributed by atoms with Gasteiger partial charge in [-0.05, 0) is 31.5 Å². The van der Waals surface area contributed by atoms with Crippen molar-refractivity contribution in [3.05, 3.63) is 35.4 Å². The first-order valence-corrected chi connectivity index (χ1v) is 8.38.